The van der Waals surface area contributed by atoms with E-state index in [-0.39, 0.29) is 11.9 Å². The summed E-state index contributed by atoms with van der Waals surface area (Å²) in [4.78, 5) is 5.18. The molecule has 2 N–H and O–H groups in total. The van der Waals surface area contributed by atoms with Crippen molar-refractivity contribution in [2.75, 3.05) is 0 Å². The molecule has 19 heavy (non-hydrogen) atoms. The summed E-state index contributed by atoms with van der Waals surface area (Å²) in [6.07, 6.45) is 3.11. The Labute approximate surface area is 116 Å². The topological polar surface area (TPSA) is 52.0 Å². The first-order chi connectivity index (χ1) is 9.08. The lowest BCUT2D eigenvalue weighted by Gasteiger charge is -2.12. The number of hydrogen-bond donors (Lipinski definition) is 1. The standard InChI is InChI=1S/C14H17FN2OS/c1-3-12(16)7-10-6-11(15)4-5-13(10)19-14-17-9(2)8-18-14/h4-6,8,12H,3,7,16H2,1-2H3. The Morgan fingerprint density at radius 2 is 2.26 bits per heavy atom. The fraction of sp³-hybridized carbons (Fsp3) is 0.357. The Bertz CT molecular complexity index is 556. The molecule has 0 aliphatic carbocycles. The molecule has 1 heterocycles. The fourth-order valence-electron chi connectivity index (χ4n) is 1.71. The predicted molar refractivity (Wildman–Crippen MR) is 73.7 cm³/mol. The number of aromatic nitrogens is 1. The molecule has 1 atom stereocenters. The molecule has 0 bridgehead atoms. The molecule has 0 radical (unpaired) electrons. The van der Waals surface area contributed by atoms with Crippen molar-refractivity contribution in [3.05, 3.63) is 41.5 Å². The zero-order valence-corrected chi connectivity index (χ0v) is 11.8. The van der Waals surface area contributed by atoms with Crippen LogP contribution in [0.15, 0.2) is 39.0 Å². The molecule has 0 fully saturated rings. The molecule has 0 amide bonds. The first-order valence-corrected chi connectivity index (χ1v) is 7.04. The molecular formula is C14H17FN2OS. The third kappa shape index (κ3) is 3.81. The van der Waals surface area contributed by atoms with Gasteiger partial charge in [0.25, 0.3) is 5.22 Å². The molecule has 2 aromatic rings. The van der Waals surface area contributed by atoms with Gasteiger partial charge in [0.2, 0.25) is 0 Å². The van der Waals surface area contributed by atoms with E-state index >= 15 is 0 Å². The van der Waals surface area contributed by atoms with Gasteiger partial charge >= 0.3 is 0 Å². The van der Waals surface area contributed by atoms with Crippen molar-refractivity contribution in [2.24, 2.45) is 5.73 Å². The minimum atomic E-state index is -0.244. The lowest BCUT2D eigenvalue weighted by Crippen LogP contribution is -2.21. The number of hydrogen-bond acceptors (Lipinski definition) is 4. The van der Waals surface area contributed by atoms with Crippen molar-refractivity contribution in [3.63, 3.8) is 0 Å². The molecule has 3 nitrogen and oxygen atoms in total. The van der Waals surface area contributed by atoms with Crippen molar-refractivity contribution in [3.8, 4) is 0 Å². The van der Waals surface area contributed by atoms with E-state index in [0.29, 0.717) is 11.6 Å². The Kier molecular flexibility index (Phi) is 4.61. The molecule has 5 heteroatoms. The fourth-order valence-corrected chi connectivity index (χ4v) is 2.59. The van der Waals surface area contributed by atoms with Gasteiger partial charge in [-0.05, 0) is 55.3 Å². The summed E-state index contributed by atoms with van der Waals surface area (Å²) < 4.78 is 18.7. The van der Waals surface area contributed by atoms with Gasteiger partial charge in [0.15, 0.2) is 0 Å². The second-order valence-corrected chi connectivity index (χ2v) is 5.47. The van der Waals surface area contributed by atoms with E-state index in [4.69, 9.17) is 10.2 Å². The van der Waals surface area contributed by atoms with Crippen LogP contribution in [0, 0.1) is 12.7 Å². The number of nitrogens with zero attached hydrogens (tertiary/aromatic N) is 1. The molecule has 1 aromatic carbocycles. The van der Waals surface area contributed by atoms with Crippen LogP contribution >= 0.6 is 11.8 Å². The average molecular weight is 280 g/mol. The number of benzene rings is 1. The van der Waals surface area contributed by atoms with Crippen LogP contribution in [0.25, 0.3) is 0 Å². The zero-order valence-electron chi connectivity index (χ0n) is 11.0. The average Bonchev–Trinajstić information content (AvgIpc) is 2.78. The molecule has 0 aliphatic rings. The van der Waals surface area contributed by atoms with Gasteiger partial charge in [0, 0.05) is 10.9 Å². The summed E-state index contributed by atoms with van der Waals surface area (Å²) in [7, 11) is 0. The number of nitrogens with two attached hydrogens (primary N) is 1. The summed E-state index contributed by atoms with van der Waals surface area (Å²) >= 11 is 1.40. The van der Waals surface area contributed by atoms with Crippen molar-refractivity contribution < 1.29 is 8.81 Å². The van der Waals surface area contributed by atoms with E-state index in [2.05, 4.69) is 4.98 Å². The maximum Gasteiger partial charge on any atom is 0.260 e. The Morgan fingerprint density at radius 3 is 2.89 bits per heavy atom. The molecule has 2 rings (SSSR count). The van der Waals surface area contributed by atoms with E-state index in [1.807, 2.05) is 13.8 Å². The molecule has 0 saturated heterocycles. The van der Waals surface area contributed by atoms with E-state index in [0.717, 1.165) is 22.6 Å². The minimum Gasteiger partial charge on any atom is -0.439 e. The Morgan fingerprint density at radius 1 is 1.47 bits per heavy atom. The van der Waals surface area contributed by atoms with E-state index in [1.54, 1.807) is 12.3 Å². The summed E-state index contributed by atoms with van der Waals surface area (Å²) in [5.41, 5.74) is 7.68. The van der Waals surface area contributed by atoms with Gasteiger partial charge in [-0.15, -0.1) is 0 Å². The van der Waals surface area contributed by atoms with Gasteiger partial charge in [0.05, 0.1) is 5.69 Å². The maximum atomic E-state index is 13.4. The summed E-state index contributed by atoms with van der Waals surface area (Å²) in [5.74, 6) is -0.244. The van der Waals surface area contributed by atoms with Crippen LogP contribution in [-0.2, 0) is 6.42 Å². The van der Waals surface area contributed by atoms with E-state index < -0.39 is 0 Å². The van der Waals surface area contributed by atoms with Crippen LogP contribution < -0.4 is 5.73 Å². The summed E-state index contributed by atoms with van der Waals surface area (Å²) in [6, 6.07) is 4.76. The van der Waals surface area contributed by atoms with Gasteiger partial charge in [-0.2, -0.15) is 0 Å². The van der Waals surface area contributed by atoms with Crippen LogP contribution in [0.3, 0.4) is 0 Å². The monoisotopic (exact) mass is 280 g/mol. The summed E-state index contributed by atoms with van der Waals surface area (Å²) in [6.45, 7) is 3.89. The molecule has 0 aliphatic heterocycles. The number of halogens is 1. The zero-order chi connectivity index (χ0) is 13.8. The molecular weight excluding hydrogens is 263 g/mol. The Balaban J connectivity index is 2.23. The van der Waals surface area contributed by atoms with Crippen LogP contribution in [0.1, 0.15) is 24.6 Å². The summed E-state index contributed by atoms with van der Waals surface area (Å²) in [5, 5.41) is 0.565. The van der Waals surface area contributed by atoms with E-state index in [1.165, 1.54) is 23.9 Å². The lowest BCUT2D eigenvalue weighted by molar-refractivity contribution is 0.454. The highest BCUT2D eigenvalue weighted by Crippen LogP contribution is 2.31. The van der Waals surface area contributed by atoms with Gasteiger partial charge in [-0.1, -0.05) is 6.92 Å². The molecule has 0 saturated carbocycles. The van der Waals surface area contributed by atoms with Crippen molar-refractivity contribution in [1.29, 1.82) is 0 Å². The minimum absolute atomic E-state index is 0.0347. The van der Waals surface area contributed by atoms with Crippen LogP contribution in [-0.4, -0.2) is 11.0 Å². The lowest BCUT2D eigenvalue weighted by atomic mass is 10.0. The van der Waals surface area contributed by atoms with Crippen molar-refractivity contribution in [2.45, 2.75) is 42.8 Å². The highest BCUT2D eigenvalue weighted by Gasteiger charge is 2.12. The molecule has 1 unspecified atom stereocenters. The largest absolute Gasteiger partial charge is 0.439 e. The SMILES string of the molecule is CCC(N)Cc1cc(F)ccc1Sc1nc(C)co1. The second kappa shape index (κ2) is 6.21. The number of aryl methyl sites for hydroxylation is 1. The van der Waals surface area contributed by atoms with Gasteiger partial charge in [-0.3, -0.25) is 0 Å². The van der Waals surface area contributed by atoms with Crippen LogP contribution in [0.5, 0.6) is 0 Å². The van der Waals surface area contributed by atoms with Crippen molar-refractivity contribution >= 4 is 11.8 Å². The highest BCUT2D eigenvalue weighted by molar-refractivity contribution is 7.99. The van der Waals surface area contributed by atoms with Gasteiger partial charge < -0.3 is 10.2 Å². The Hall–Kier alpha value is -1.33. The number of rotatable bonds is 5. The van der Waals surface area contributed by atoms with E-state index in [9.17, 15) is 4.39 Å². The molecule has 0 spiro atoms. The van der Waals surface area contributed by atoms with Crippen LogP contribution in [0.2, 0.25) is 0 Å². The third-order valence-corrected chi connectivity index (χ3v) is 3.80. The smallest absolute Gasteiger partial charge is 0.260 e. The van der Waals surface area contributed by atoms with Gasteiger partial charge in [-0.25, -0.2) is 9.37 Å². The highest BCUT2D eigenvalue weighted by atomic mass is 32.2. The first kappa shape index (κ1) is 14.1. The van der Waals surface area contributed by atoms with Crippen LogP contribution in [0.4, 0.5) is 4.39 Å². The molecule has 1 aromatic heterocycles. The third-order valence-electron chi connectivity index (χ3n) is 2.82. The first-order valence-electron chi connectivity index (χ1n) is 6.22. The predicted octanol–water partition coefficient (Wildman–Crippen LogP) is 3.55. The quantitative estimate of drug-likeness (QED) is 0.910. The van der Waals surface area contributed by atoms with Crippen molar-refractivity contribution in [1.82, 2.24) is 4.98 Å². The normalized spacial score (nSPS) is 12.6. The molecule has 102 valence electrons. The maximum absolute atomic E-state index is 13.4. The number of oxazole rings is 1. The van der Waals surface area contributed by atoms with Gasteiger partial charge in [0.1, 0.15) is 12.1 Å². The second-order valence-electron chi connectivity index (χ2n) is 4.48.